The summed E-state index contributed by atoms with van der Waals surface area (Å²) in [5.41, 5.74) is 7.55. The monoisotopic (exact) mass is 278 g/mol. The van der Waals surface area contributed by atoms with Crippen molar-refractivity contribution in [3.8, 4) is 11.5 Å². The number of amides is 1. The standard InChI is InChI=1S/C15H22N2O3/c1-9-6-13(19-2)14(20-3)8-12(9)17-15(18)10-4-5-11(16)7-10/h6,8,10-11H,4-5,7,16H2,1-3H3,(H,17,18). The summed E-state index contributed by atoms with van der Waals surface area (Å²) in [5, 5.41) is 2.97. The second kappa shape index (κ2) is 6.13. The third-order valence-corrected chi connectivity index (χ3v) is 3.83. The Morgan fingerprint density at radius 1 is 1.25 bits per heavy atom. The van der Waals surface area contributed by atoms with Gasteiger partial charge in [-0.3, -0.25) is 4.79 Å². The molecular formula is C15H22N2O3. The quantitative estimate of drug-likeness (QED) is 0.884. The van der Waals surface area contributed by atoms with E-state index in [1.807, 2.05) is 13.0 Å². The summed E-state index contributed by atoms with van der Waals surface area (Å²) in [6.07, 6.45) is 2.54. The van der Waals surface area contributed by atoms with Gasteiger partial charge in [0.05, 0.1) is 14.2 Å². The molecule has 2 atom stereocenters. The molecule has 1 aliphatic carbocycles. The Labute approximate surface area is 119 Å². The fourth-order valence-corrected chi connectivity index (χ4v) is 2.60. The van der Waals surface area contributed by atoms with Crippen molar-refractivity contribution in [2.75, 3.05) is 19.5 Å². The fourth-order valence-electron chi connectivity index (χ4n) is 2.60. The molecule has 0 aromatic heterocycles. The van der Waals surface area contributed by atoms with Gasteiger partial charge >= 0.3 is 0 Å². The lowest BCUT2D eigenvalue weighted by Gasteiger charge is -2.15. The van der Waals surface area contributed by atoms with Gasteiger partial charge in [0.1, 0.15) is 0 Å². The van der Waals surface area contributed by atoms with Crippen molar-refractivity contribution in [1.82, 2.24) is 0 Å². The van der Waals surface area contributed by atoms with Crippen molar-refractivity contribution < 1.29 is 14.3 Å². The van der Waals surface area contributed by atoms with Crippen molar-refractivity contribution in [1.29, 1.82) is 0 Å². The molecule has 0 radical (unpaired) electrons. The number of nitrogens with one attached hydrogen (secondary N) is 1. The Hall–Kier alpha value is -1.75. The van der Waals surface area contributed by atoms with Crippen molar-refractivity contribution in [2.45, 2.75) is 32.2 Å². The SMILES string of the molecule is COc1cc(C)c(NC(=O)C2CCC(N)C2)cc1OC. The van der Waals surface area contributed by atoms with E-state index in [9.17, 15) is 4.79 Å². The summed E-state index contributed by atoms with van der Waals surface area (Å²) in [7, 11) is 3.17. The smallest absolute Gasteiger partial charge is 0.227 e. The molecule has 20 heavy (non-hydrogen) atoms. The molecule has 2 unspecified atom stereocenters. The highest BCUT2D eigenvalue weighted by Gasteiger charge is 2.28. The van der Waals surface area contributed by atoms with E-state index < -0.39 is 0 Å². The van der Waals surface area contributed by atoms with Crippen LogP contribution in [0.25, 0.3) is 0 Å². The van der Waals surface area contributed by atoms with Crippen LogP contribution < -0.4 is 20.5 Å². The highest BCUT2D eigenvalue weighted by molar-refractivity contribution is 5.93. The summed E-state index contributed by atoms with van der Waals surface area (Å²) in [5.74, 6) is 1.31. The first-order chi connectivity index (χ1) is 9.55. The van der Waals surface area contributed by atoms with Crippen LogP contribution in [0.15, 0.2) is 12.1 Å². The number of benzene rings is 1. The summed E-state index contributed by atoms with van der Waals surface area (Å²) in [6, 6.07) is 3.80. The molecule has 5 nitrogen and oxygen atoms in total. The Balaban J connectivity index is 2.14. The first-order valence-electron chi connectivity index (χ1n) is 6.84. The van der Waals surface area contributed by atoms with E-state index >= 15 is 0 Å². The zero-order valence-electron chi connectivity index (χ0n) is 12.2. The number of carbonyl (C=O) groups is 1. The van der Waals surface area contributed by atoms with E-state index in [-0.39, 0.29) is 17.9 Å². The zero-order valence-corrected chi connectivity index (χ0v) is 12.2. The fraction of sp³-hybridized carbons (Fsp3) is 0.533. The van der Waals surface area contributed by atoms with Gasteiger partial charge in [0.2, 0.25) is 5.91 Å². The lowest BCUT2D eigenvalue weighted by molar-refractivity contribution is -0.119. The molecule has 1 aromatic carbocycles. The number of anilines is 1. The highest BCUT2D eigenvalue weighted by Crippen LogP contribution is 2.34. The lowest BCUT2D eigenvalue weighted by Crippen LogP contribution is -2.23. The van der Waals surface area contributed by atoms with E-state index in [0.29, 0.717) is 11.5 Å². The van der Waals surface area contributed by atoms with Crippen LogP contribution in [-0.2, 0) is 4.79 Å². The van der Waals surface area contributed by atoms with Crippen LogP contribution in [0.4, 0.5) is 5.69 Å². The minimum absolute atomic E-state index is 0.0116. The van der Waals surface area contributed by atoms with Crippen LogP contribution >= 0.6 is 0 Å². The number of carbonyl (C=O) groups excluding carboxylic acids is 1. The van der Waals surface area contributed by atoms with E-state index in [0.717, 1.165) is 30.5 Å². The molecule has 0 heterocycles. The molecule has 5 heteroatoms. The highest BCUT2D eigenvalue weighted by atomic mass is 16.5. The van der Waals surface area contributed by atoms with Crippen LogP contribution in [0.3, 0.4) is 0 Å². The van der Waals surface area contributed by atoms with E-state index in [2.05, 4.69) is 5.32 Å². The maximum atomic E-state index is 12.2. The molecule has 0 spiro atoms. The Morgan fingerprint density at radius 3 is 2.45 bits per heavy atom. The van der Waals surface area contributed by atoms with Crippen LogP contribution in [-0.4, -0.2) is 26.2 Å². The number of aryl methyl sites for hydroxylation is 1. The predicted molar refractivity (Wildman–Crippen MR) is 78.2 cm³/mol. The number of hydrogen-bond donors (Lipinski definition) is 2. The maximum Gasteiger partial charge on any atom is 0.227 e. The molecule has 1 saturated carbocycles. The van der Waals surface area contributed by atoms with Gasteiger partial charge in [0, 0.05) is 23.7 Å². The topological polar surface area (TPSA) is 73.6 Å². The van der Waals surface area contributed by atoms with Crippen LogP contribution in [0.2, 0.25) is 0 Å². The number of hydrogen-bond acceptors (Lipinski definition) is 4. The summed E-state index contributed by atoms with van der Waals surface area (Å²) < 4.78 is 10.5. The van der Waals surface area contributed by atoms with Gasteiger partial charge in [-0.25, -0.2) is 0 Å². The van der Waals surface area contributed by atoms with E-state index in [1.165, 1.54) is 0 Å². The van der Waals surface area contributed by atoms with Gasteiger partial charge in [-0.1, -0.05) is 0 Å². The summed E-state index contributed by atoms with van der Waals surface area (Å²) >= 11 is 0. The lowest BCUT2D eigenvalue weighted by atomic mass is 10.1. The molecule has 1 aliphatic rings. The molecule has 3 N–H and O–H groups in total. The average Bonchev–Trinajstić information content (AvgIpc) is 2.87. The Kier molecular flexibility index (Phi) is 4.49. The Bertz CT molecular complexity index is 502. The number of nitrogens with two attached hydrogens (primary N) is 1. The molecule has 0 aliphatic heterocycles. The van der Waals surface area contributed by atoms with Gasteiger partial charge in [-0.2, -0.15) is 0 Å². The minimum Gasteiger partial charge on any atom is -0.493 e. The van der Waals surface area contributed by atoms with Crippen LogP contribution in [0, 0.1) is 12.8 Å². The molecular weight excluding hydrogens is 256 g/mol. The van der Waals surface area contributed by atoms with Gasteiger partial charge in [0.25, 0.3) is 0 Å². The predicted octanol–water partition coefficient (Wildman–Crippen LogP) is 2.08. The summed E-state index contributed by atoms with van der Waals surface area (Å²) in [4.78, 5) is 12.2. The largest absolute Gasteiger partial charge is 0.493 e. The number of rotatable bonds is 4. The first kappa shape index (κ1) is 14.7. The van der Waals surface area contributed by atoms with E-state index in [4.69, 9.17) is 15.2 Å². The van der Waals surface area contributed by atoms with Gasteiger partial charge < -0.3 is 20.5 Å². The third-order valence-electron chi connectivity index (χ3n) is 3.83. The molecule has 0 saturated heterocycles. The van der Waals surface area contributed by atoms with Gasteiger partial charge in [-0.05, 0) is 37.8 Å². The molecule has 0 bridgehead atoms. The first-order valence-corrected chi connectivity index (χ1v) is 6.84. The minimum atomic E-state index is 0.0116. The van der Waals surface area contributed by atoms with E-state index in [1.54, 1.807) is 20.3 Å². The zero-order chi connectivity index (χ0) is 14.7. The van der Waals surface area contributed by atoms with Crippen molar-refractivity contribution in [3.63, 3.8) is 0 Å². The number of ether oxygens (including phenoxy) is 2. The van der Waals surface area contributed by atoms with Crippen LogP contribution in [0.5, 0.6) is 11.5 Å². The molecule has 1 fully saturated rings. The second-order valence-electron chi connectivity index (χ2n) is 5.28. The Morgan fingerprint density at radius 2 is 1.90 bits per heavy atom. The molecule has 1 amide bonds. The molecule has 1 aromatic rings. The third kappa shape index (κ3) is 3.04. The second-order valence-corrected chi connectivity index (χ2v) is 5.28. The van der Waals surface area contributed by atoms with Crippen molar-refractivity contribution >= 4 is 11.6 Å². The normalized spacial score (nSPS) is 21.6. The van der Waals surface area contributed by atoms with Crippen molar-refractivity contribution in [3.05, 3.63) is 17.7 Å². The number of methoxy groups -OCH3 is 2. The maximum absolute atomic E-state index is 12.2. The molecule has 2 rings (SSSR count). The average molecular weight is 278 g/mol. The van der Waals surface area contributed by atoms with Crippen LogP contribution in [0.1, 0.15) is 24.8 Å². The van der Waals surface area contributed by atoms with Crippen molar-refractivity contribution in [2.24, 2.45) is 11.7 Å². The van der Waals surface area contributed by atoms with Gasteiger partial charge in [0.15, 0.2) is 11.5 Å². The summed E-state index contributed by atoms with van der Waals surface area (Å²) in [6.45, 7) is 1.93. The molecule has 110 valence electrons. The van der Waals surface area contributed by atoms with Gasteiger partial charge in [-0.15, -0.1) is 0 Å².